The molecule has 36 heavy (non-hydrogen) atoms. The van der Waals surface area contributed by atoms with Crippen LogP contribution in [0.25, 0.3) is 11.4 Å². The molecule has 7 nitrogen and oxygen atoms in total. The molecule has 1 aliphatic rings. The van der Waals surface area contributed by atoms with Gasteiger partial charge >= 0.3 is 5.97 Å². The minimum Gasteiger partial charge on any atom is -0.465 e. The smallest absolute Gasteiger partial charge is 0.341 e. The summed E-state index contributed by atoms with van der Waals surface area (Å²) in [5.74, 6) is 0.508. The Morgan fingerprint density at radius 3 is 2.69 bits per heavy atom. The van der Waals surface area contributed by atoms with E-state index in [4.69, 9.17) is 4.74 Å². The van der Waals surface area contributed by atoms with E-state index >= 15 is 0 Å². The van der Waals surface area contributed by atoms with Gasteiger partial charge in [-0.05, 0) is 50.2 Å². The lowest BCUT2D eigenvalue weighted by Gasteiger charge is -2.11. The molecule has 3 aromatic rings. The maximum Gasteiger partial charge on any atom is 0.341 e. The summed E-state index contributed by atoms with van der Waals surface area (Å²) in [5.41, 5.74) is 2.67. The average molecular weight is 547 g/mol. The van der Waals surface area contributed by atoms with E-state index in [1.165, 1.54) is 52.8 Å². The number of amides is 1. The van der Waals surface area contributed by atoms with Crippen molar-refractivity contribution < 1.29 is 14.3 Å². The number of thioether (sulfide) groups is 1. The zero-order valence-corrected chi connectivity index (χ0v) is 23.7. The molecule has 1 amide bonds. The molecule has 1 N–H and O–H groups in total. The van der Waals surface area contributed by atoms with Gasteiger partial charge in [0.1, 0.15) is 5.00 Å². The first-order valence-electron chi connectivity index (χ1n) is 12.7. The first kappa shape index (κ1) is 26.9. The molecule has 1 aliphatic carbocycles. The summed E-state index contributed by atoms with van der Waals surface area (Å²) in [4.78, 5) is 28.2. The van der Waals surface area contributed by atoms with Gasteiger partial charge in [0.15, 0.2) is 11.0 Å². The maximum absolute atomic E-state index is 13.0. The summed E-state index contributed by atoms with van der Waals surface area (Å²) in [6, 6.07) is 2.20. The second kappa shape index (κ2) is 12.9. The number of esters is 1. The summed E-state index contributed by atoms with van der Waals surface area (Å²) in [6.07, 6.45) is 9.45. The van der Waals surface area contributed by atoms with Crippen molar-refractivity contribution in [2.45, 2.75) is 83.3 Å². The lowest BCUT2D eigenvalue weighted by Crippen LogP contribution is -2.17. The van der Waals surface area contributed by atoms with E-state index in [0.29, 0.717) is 10.6 Å². The number of hydrogen-bond donors (Lipinski definition) is 1. The lowest BCUT2D eigenvalue weighted by molar-refractivity contribution is -0.113. The number of carbonyl (C=O) groups excluding carboxylic acids is 2. The van der Waals surface area contributed by atoms with Crippen LogP contribution in [0, 0.1) is 0 Å². The van der Waals surface area contributed by atoms with Crippen molar-refractivity contribution in [3.05, 3.63) is 32.3 Å². The predicted octanol–water partition coefficient (Wildman–Crippen LogP) is 6.61. The zero-order valence-electron chi connectivity index (χ0n) is 21.2. The zero-order chi connectivity index (χ0) is 25.5. The molecular weight excluding hydrogens is 513 g/mol. The van der Waals surface area contributed by atoms with Crippen LogP contribution in [-0.2, 0) is 35.3 Å². The summed E-state index contributed by atoms with van der Waals surface area (Å²) in [7, 11) is 1.40. The standard InChI is InChI=1S/C26H34N4O3S3/c1-4-10-18-14-17(15-34-18)23-28-29-26(30(23)13-5-2)35-16-21(31)27-24-22(25(32)33-3)19-11-8-6-7-9-12-20(19)36-24/h14-15H,4-13,16H2,1-3H3,(H,27,31). The van der Waals surface area contributed by atoms with Crippen molar-refractivity contribution in [1.82, 2.24) is 14.8 Å². The molecule has 3 heterocycles. The highest BCUT2D eigenvalue weighted by molar-refractivity contribution is 7.99. The van der Waals surface area contributed by atoms with E-state index in [0.717, 1.165) is 73.6 Å². The molecule has 0 saturated heterocycles. The third kappa shape index (κ3) is 6.20. The van der Waals surface area contributed by atoms with Gasteiger partial charge in [-0.15, -0.1) is 32.9 Å². The molecule has 0 spiro atoms. The summed E-state index contributed by atoms with van der Waals surface area (Å²) < 4.78 is 7.18. The van der Waals surface area contributed by atoms with Crippen LogP contribution in [0.2, 0.25) is 0 Å². The predicted molar refractivity (Wildman–Crippen MR) is 149 cm³/mol. The first-order chi connectivity index (χ1) is 17.5. The van der Waals surface area contributed by atoms with Crippen molar-refractivity contribution in [2.24, 2.45) is 0 Å². The van der Waals surface area contributed by atoms with Gasteiger partial charge < -0.3 is 14.6 Å². The van der Waals surface area contributed by atoms with Crippen LogP contribution in [0.3, 0.4) is 0 Å². The van der Waals surface area contributed by atoms with Gasteiger partial charge in [-0.2, -0.15) is 0 Å². The first-order valence-corrected chi connectivity index (χ1v) is 15.4. The SMILES string of the molecule is CCCc1cc(-c2nnc(SCC(=O)Nc3sc4c(c3C(=O)OC)CCCCCC4)n2CCC)cs1. The van der Waals surface area contributed by atoms with Crippen LogP contribution in [0.15, 0.2) is 16.6 Å². The number of aromatic nitrogens is 3. The Balaban J connectivity index is 1.49. The highest BCUT2D eigenvalue weighted by Crippen LogP contribution is 2.38. The van der Waals surface area contributed by atoms with Crippen LogP contribution >= 0.6 is 34.4 Å². The number of hydrogen-bond acceptors (Lipinski definition) is 8. The molecule has 10 heteroatoms. The van der Waals surface area contributed by atoms with Gasteiger partial charge in [-0.25, -0.2) is 4.79 Å². The van der Waals surface area contributed by atoms with Crippen LogP contribution in [0.1, 0.15) is 78.0 Å². The largest absolute Gasteiger partial charge is 0.465 e. The summed E-state index contributed by atoms with van der Waals surface area (Å²) >= 11 is 4.66. The molecule has 4 rings (SSSR count). The highest BCUT2D eigenvalue weighted by Gasteiger charge is 2.26. The molecule has 0 unspecified atom stereocenters. The molecule has 0 aromatic carbocycles. The fourth-order valence-corrected chi connectivity index (χ4v) is 7.55. The minimum atomic E-state index is -0.374. The van der Waals surface area contributed by atoms with E-state index in [9.17, 15) is 9.59 Å². The number of rotatable bonds is 10. The Hall–Kier alpha value is -2.17. The van der Waals surface area contributed by atoms with E-state index in [2.05, 4.69) is 45.4 Å². The van der Waals surface area contributed by atoms with Crippen molar-refractivity contribution in [3.63, 3.8) is 0 Å². The van der Waals surface area contributed by atoms with Crippen molar-refractivity contribution in [2.75, 3.05) is 18.2 Å². The lowest BCUT2D eigenvalue weighted by atomic mass is 9.96. The number of fused-ring (bicyclic) bond motifs is 1. The molecule has 3 aromatic heterocycles. The number of nitrogens with one attached hydrogen (secondary N) is 1. The van der Waals surface area contributed by atoms with Crippen LogP contribution in [-0.4, -0.2) is 39.5 Å². The molecule has 0 radical (unpaired) electrons. The summed E-state index contributed by atoms with van der Waals surface area (Å²) in [6.45, 7) is 5.09. The Bertz CT molecular complexity index is 1200. The van der Waals surface area contributed by atoms with Gasteiger partial charge in [0.25, 0.3) is 0 Å². The third-order valence-corrected chi connectivity index (χ3v) is 9.39. The van der Waals surface area contributed by atoms with Gasteiger partial charge in [0.2, 0.25) is 5.91 Å². The Morgan fingerprint density at radius 1 is 1.14 bits per heavy atom. The quantitative estimate of drug-likeness (QED) is 0.228. The molecule has 0 atom stereocenters. The van der Waals surface area contributed by atoms with Gasteiger partial charge in [0, 0.05) is 27.2 Å². The number of carbonyl (C=O) groups is 2. The minimum absolute atomic E-state index is 0.160. The molecule has 0 fully saturated rings. The van der Waals surface area contributed by atoms with E-state index < -0.39 is 0 Å². The average Bonchev–Trinajstić information content (AvgIpc) is 3.55. The van der Waals surface area contributed by atoms with E-state index in [-0.39, 0.29) is 17.6 Å². The van der Waals surface area contributed by atoms with Gasteiger partial charge in [-0.1, -0.05) is 44.9 Å². The van der Waals surface area contributed by atoms with Crippen molar-refractivity contribution in [3.8, 4) is 11.4 Å². The number of anilines is 1. The van der Waals surface area contributed by atoms with Crippen molar-refractivity contribution in [1.29, 1.82) is 0 Å². The Labute approximate surface area is 225 Å². The second-order valence-corrected chi connectivity index (χ2v) is 12.0. The van der Waals surface area contributed by atoms with Crippen LogP contribution in [0.5, 0.6) is 0 Å². The topological polar surface area (TPSA) is 86.1 Å². The molecule has 0 aliphatic heterocycles. The second-order valence-electron chi connectivity index (χ2n) is 8.96. The van der Waals surface area contributed by atoms with Gasteiger partial charge in [-0.3, -0.25) is 4.79 Å². The number of nitrogens with zero attached hydrogens (tertiary/aromatic N) is 3. The number of aryl methyl sites for hydroxylation is 2. The van der Waals surface area contributed by atoms with Crippen LogP contribution < -0.4 is 5.32 Å². The van der Waals surface area contributed by atoms with E-state index in [1.54, 1.807) is 11.3 Å². The fourth-order valence-electron chi connectivity index (χ4n) is 4.53. The summed E-state index contributed by atoms with van der Waals surface area (Å²) in [5, 5.41) is 15.3. The Kier molecular flexibility index (Phi) is 9.61. The molecule has 194 valence electrons. The van der Waals surface area contributed by atoms with Gasteiger partial charge in [0.05, 0.1) is 18.4 Å². The number of methoxy groups -OCH3 is 1. The number of ether oxygens (including phenoxy) is 1. The van der Waals surface area contributed by atoms with Crippen LogP contribution in [0.4, 0.5) is 5.00 Å². The monoisotopic (exact) mass is 546 g/mol. The fraction of sp³-hybridized carbons (Fsp3) is 0.538. The molecule has 0 saturated carbocycles. The molecular formula is C26H34N4O3S3. The highest BCUT2D eigenvalue weighted by atomic mass is 32.2. The Morgan fingerprint density at radius 2 is 1.94 bits per heavy atom. The normalized spacial score (nSPS) is 13.6. The molecule has 0 bridgehead atoms. The van der Waals surface area contributed by atoms with Crippen molar-refractivity contribution >= 4 is 51.3 Å². The maximum atomic E-state index is 13.0. The third-order valence-electron chi connectivity index (χ3n) is 6.22. The van der Waals surface area contributed by atoms with E-state index in [1.807, 2.05) is 0 Å². The number of thiophene rings is 2.